The molecule has 2 heterocycles. The van der Waals surface area contributed by atoms with Crippen molar-refractivity contribution in [3.8, 4) is 0 Å². The number of hydrogen-bond acceptors (Lipinski definition) is 4. The molecule has 0 bridgehead atoms. The third-order valence-corrected chi connectivity index (χ3v) is 4.65. The highest BCUT2D eigenvalue weighted by molar-refractivity contribution is 14.0. The van der Waals surface area contributed by atoms with Gasteiger partial charge in [0.15, 0.2) is 5.96 Å². The number of aliphatic imine (C=N–C) groups is 1. The highest BCUT2D eigenvalue weighted by Gasteiger charge is 2.33. The van der Waals surface area contributed by atoms with Crippen LogP contribution >= 0.6 is 35.3 Å². The molecule has 1 unspecified atom stereocenters. The number of halogens is 1. The molecule has 1 aliphatic rings. The summed E-state index contributed by atoms with van der Waals surface area (Å²) in [6, 6.07) is 3.88. The number of nitrogens with zero attached hydrogens (tertiary/aromatic N) is 1. The van der Waals surface area contributed by atoms with E-state index in [1.165, 1.54) is 0 Å². The summed E-state index contributed by atoms with van der Waals surface area (Å²) in [7, 11) is 0. The Kier molecular flexibility index (Phi) is 7.57. The maximum Gasteiger partial charge on any atom is 0.191 e. The van der Waals surface area contributed by atoms with Crippen molar-refractivity contribution in [3.05, 3.63) is 22.4 Å². The van der Waals surface area contributed by atoms with E-state index in [1.807, 2.05) is 24.4 Å². The van der Waals surface area contributed by atoms with Crippen LogP contribution in [0.2, 0.25) is 0 Å². The zero-order valence-corrected chi connectivity index (χ0v) is 16.5. The Hall–Kier alpha value is -0.380. The second kappa shape index (κ2) is 8.47. The van der Waals surface area contributed by atoms with E-state index in [9.17, 15) is 5.11 Å². The lowest BCUT2D eigenvalue weighted by Crippen LogP contribution is -2.51. The number of hydrogen-bond donors (Lipinski definition) is 3. The van der Waals surface area contributed by atoms with Crippen LogP contribution in [0.15, 0.2) is 22.5 Å². The van der Waals surface area contributed by atoms with E-state index in [2.05, 4.69) is 22.5 Å². The van der Waals surface area contributed by atoms with Crippen LogP contribution in [0, 0.1) is 5.41 Å². The first-order valence-electron chi connectivity index (χ1n) is 7.31. The molecule has 0 aromatic carbocycles. The summed E-state index contributed by atoms with van der Waals surface area (Å²) in [4.78, 5) is 5.44. The summed E-state index contributed by atoms with van der Waals surface area (Å²) in [5.74, 6) is 0.738. The van der Waals surface area contributed by atoms with Crippen LogP contribution in [0.3, 0.4) is 0 Å². The first kappa shape index (κ1) is 19.7. The van der Waals surface area contributed by atoms with E-state index in [0.717, 1.165) is 37.1 Å². The van der Waals surface area contributed by atoms with Crippen LogP contribution in [-0.2, 0) is 10.3 Å². The van der Waals surface area contributed by atoms with Gasteiger partial charge in [0, 0.05) is 23.4 Å². The average molecular weight is 439 g/mol. The third-order valence-electron chi connectivity index (χ3n) is 3.52. The number of aliphatic hydroxyl groups is 1. The number of guanidine groups is 1. The van der Waals surface area contributed by atoms with Gasteiger partial charge in [0.1, 0.15) is 5.60 Å². The summed E-state index contributed by atoms with van der Waals surface area (Å²) in [6.45, 7) is 9.53. The smallest absolute Gasteiger partial charge is 0.191 e. The molecule has 1 saturated heterocycles. The second-order valence-corrected chi connectivity index (χ2v) is 7.05. The zero-order valence-electron chi connectivity index (χ0n) is 13.4. The van der Waals surface area contributed by atoms with E-state index in [0.29, 0.717) is 6.54 Å². The molecule has 1 aromatic rings. The molecular weight excluding hydrogens is 413 g/mol. The van der Waals surface area contributed by atoms with Crippen LogP contribution < -0.4 is 10.6 Å². The number of nitrogens with one attached hydrogen (secondary N) is 2. The minimum Gasteiger partial charge on any atom is -0.383 e. The van der Waals surface area contributed by atoms with Gasteiger partial charge in [-0.25, -0.2) is 4.99 Å². The Morgan fingerprint density at radius 3 is 2.73 bits per heavy atom. The minimum atomic E-state index is -0.931. The molecule has 1 aromatic heterocycles. The number of rotatable bonds is 6. The maximum atomic E-state index is 10.5. The first-order chi connectivity index (χ1) is 9.95. The Balaban J connectivity index is 0.00000242. The predicted molar refractivity (Wildman–Crippen MR) is 102 cm³/mol. The molecule has 0 spiro atoms. The Morgan fingerprint density at radius 2 is 2.23 bits per heavy atom. The second-order valence-electron chi connectivity index (χ2n) is 6.10. The van der Waals surface area contributed by atoms with Gasteiger partial charge in [-0.15, -0.1) is 35.3 Å². The Labute approximate surface area is 153 Å². The summed E-state index contributed by atoms with van der Waals surface area (Å²) in [5, 5.41) is 19.0. The van der Waals surface area contributed by atoms with E-state index >= 15 is 0 Å². The van der Waals surface area contributed by atoms with Gasteiger partial charge in [0.2, 0.25) is 0 Å². The molecule has 1 atom stereocenters. The number of thiophene rings is 1. The van der Waals surface area contributed by atoms with Gasteiger partial charge >= 0.3 is 0 Å². The molecule has 1 fully saturated rings. The van der Waals surface area contributed by atoms with Gasteiger partial charge in [-0.3, -0.25) is 0 Å². The van der Waals surface area contributed by atoms with E-state index in [-0.39, 0.29) is 29.4 Å². The maximum absolute atomic E-state index is 10.5. The van der Waals surface area contributed by atoms with Gasteiger partial charge in [-0.2, -0.15) is 0 Å². The minimum absolute atomic E-state index is 0. The molecule has 2 rings (SSSR count). The summed E-state index contributed by atoms with van der Waals surface area (Å²) in [5.41, 5.74) is -0.744. The summed E-state index contributed by atoms with van der Waals surface area (Å²) >= 11 is 1.55. The van der Waals surface area contributed by atoms with Crippen LogP contribution in [0.1, 0.15) is 25.6 Å². The zero-order chi connectivity index (χ0) is 15.3. The summed E-state index contributed by atoms with van der Waals surface area (Å²) in [6.07, 6.45) is 0. The van der Waals surface area contributed by atoms with Crippen molar-refractivity contribution >= 4 is 41.3 Å². The normalized spacial score (nSPS) is 19.5. The van der Waals surface area contributed by atoms with Crippen molar-refractivity contribution in [2.24, 2.45) is 10.4 Å². The molecule has 7 heteroatoms. The van der Waals surface area contributed by atoms with Crippen molar-refractivity contribution in [1.29, 1.82) is 0 Å². The highest BCUT2D eigenvalue weighted by Crippen LogP contribution is 2.26. The standard InChI is InChI=1S/C15H25N3O2S.HI/c1-4-16-13(17-8-14(2)10-20-11-14)18-9-15(3,19)12-6-5-7-21-12;/h5-7,19H,4,8-11H2,1-3H3,(H2,16,17,18);1H. The van der Waals surface area contributed by atoms with E-state index in [1.54, 1.807) is 18.3 Å². The van der Waals surface area contributed by atoms with Crippen LogP contribution in [0.4, 0.5) is 0 Å². The molecule has 126 valence electrons. The lowest BCUT2D eigenvalue weighted by molar-refractivity contribution is -0.0971. The van der Waals surface area contributed by atoms with Crippen molar-refractivity contribution < 1.29 is 9.84 Å². The highest BCUT2D eigenvalue weighted by atomic mass is 127. The molecule has 22 heavy (non-hydrogen) atoms. The predicted octanol–water partition coefficient (Wildman–Crippen LogP) is 2.17. The van der Waals surface area contributed by atoms with Crippen molar-refractivity contribution in [1.82, 2.24) is 10.6 Å². The SMILES string of the molecule is CCNC(=NCC(C)(O)c1cccs1)NCC1(C)COC1.I. The monoisotopic (exact) mass is 439 g/mol. The van der Waals surface area contributed by atoms with Gasteiger partial charge < -0.3 is 20.5 Å². The van der Waals surface area contributed by atoms with Crippen LogP contribution in [0.25, 0.3) is 0 Å². The number of ether oxygens (including phenoxy) is 1. The fraction of sp³-hybridized carbons (Fsp3) is 0.667. The lowest BCUT2D eigenvalue weighted by atomic mass is 9.89. The molecule has 0 aliphatic carbocycles. The fourth-order valence-electron chi connectivity index (χ4n) is 2.09. The van der Waals surface area contributed by atoms with Crippen molar-refractivity contribution in [2.45, 2.75) is 26.4 Å². The molecule has 3 N–H and O–H groups in total. The fourth-order valence-corrected chi connectivity index (χ4v) is 2.87. The quantitative estimate of drug-likeness (QED) is 0.361. The van der Waals surface area contributed by atoms with Crippen molar-refractivity contribution in [2.75, 3.05) is 32.8 Å². The average Bonchev–Trinajstić information content (AvgIpc) is 2.94. The molecule has 5 nitrogen and oxygen atoms in total. The van der Waals surface area contributed by atoms with Gasteiger partial charge in [-0.1, -0.05) is 13.0 Å². The topological polar surface area (TPSA) is 65.9 Å². The summed E-state index contributed by atoms with van der Waals surface area (Å²) < 4.78 is 5.25. The Morgan fingerprint density at radius 1 is 1.50 bits per heavy atom. The molecule has 0 radical (unpaired) electrons. The molecule has 0 amide bonds. The lowest BCUT2D eigenvalue weighted by Gasteiger charge is -2.38. The van der Waals surface area contributed by atoms with Gasteiger partial charge in [0.05, 0.1) is 19.8 Å². The van der Waals surface area contributed by atoms with E-state index in [4.69, 9.17) is 4.74 Å². The molecule has 0 saturated carbocycles. The third kappa shape index (κ3) is 5.36. The van der Waals surface area contributed by atoms with Gasteiger partial charge in [0.25, 0.3) is 0 Å². The molecular formula is C15H26IN3O2S. The first-order valence-corrected chi connectivity index (χ1v) is 8.19. The van der Waals surface area contributed by atoms with E-state index < -0.39 is 5.60 Å². The molecule has 1 aliphatic heterocycles. The Bertz CT molecular complexity index is 473. The van der Waals surface area contributed by atoms with Crippen LogP contribution in [0.5, 0.6) is 0 Å². The van der Waals surface area contributed by atoms with Gasteiger partial charge in [-0.05, 0) is 25.3 Å². The van der Waals surface area contributed by atoms with Crippen molar-refractivity contribution in [3.63, 3.8) is 0 Å². The van der Waals surface area contributed by atoms with Crippen LogP contribution in [-0.4, -0.2) is 43.9 Å². The largest absolute Gasteiger partial charge is 0.383 e.